The van der Waals surface area contributed by atoms with Gasteiger partial charge in [0.05, 0.1) is 29.8 Å². The number of carbonyl (C=O) groups excluding carboxylic acids is 1. The average Bonchev–Trinajstić information content (AvgIpc) is 2.54. The Kier molecular flexibility index (Phi) is 3.42. The number of carbonyl (C=O) groups is 1. The third kappa shape index (κ3) is 2.79. The van der Waals surface area contributed by atoms with Crippen LogP contribution in [0.15, 0.2) is 48.9 Å². The van der Waals surface area contributed by atoms with E-state index < -0.39 is 0 Å². The molecule has 0 atom stereocenters. The van der Waals surface area contributed by atoms with Crippen LogP contribution >= 0.6 is 0 Å². The molecule has 21 heavy (non-hydrogen) atoms. The van der Waals surface area contributed by atoms with E-state index in [0.717, 1.165) is 10.9 Å². The minimum Gasteiger partial charge on any atom is -0.372 e. The molecule has 0 aliphatic carbocycles. The van der Waals surface area contributed by atoms with E-state index in [1.165, 1.54) is 6.20 Å². The van der Waals surface area contributed by atoms with Crippen molar-refractivity contribution < 1.29 is 4.79 Å². The second kappa shape index (κ2) is 5.54. The van der Waals surface area contributed by atoms with Crippen molar-refractivity contribution in [2.45, 2.75) is 0 Å². The number of amides is 1. The normalized spacial score (nSPS) is 10.3. The number of rotatable bonds is 3. The lowest BCUT2D eigenvalue weighted by Gasteiger charge is -2.06. The van der Waals surface area contributed by atoms with Gasteiger partial charge in [-0.2, -0.15) is 0 Å². The van der Waals surface area contributed by atoms with Crippen molar-refractivity contribution in [3.63, 3.8) is 0 Å². The lowest BCUT2D eigenvalue weighted by molar-refractivity contribution is 0.102. The quantitative estimate of drug-likeness (QED) is 0.769. The van der Waals surface area contributed by atoms with E-state index in [1.807, 2.05) is 30.3 Å². The first kappa shape index (κ1) is 13.0. The minimum absolute atomic E-state index is 0.245. The Bertz CT molecular complexity index is 803. The number of aromatic nitrogens is 3. The zero-order valence-electron chi connectivity index (χ0n) is 11.4. The number of hydrogen-bond donors (Lipinski definition) is 2. The first-order valence-electron chi connectivity index (χ1n) is 6.42. The maximum Gasteiger partial charge on any atom is 0.275 e. The molecule has 2 aromatic heterocycles. The zero-order valence-corrected chi connectivity index (χ0v) is 11.4. The van der Waals surface area contributed by atoms with Crippen LogP contribution in [0.2, 0.25) is 0 Å². The van der Waals surface area contributed by atoms with Crippen molar-refractivity contribution >= 4 is 28.3 Å². The number of anilines is 2. The predicted octanol–water partition coefficient (Wildman–Crippen LogP) is 2.32. The molecule has 2 N–H and O–H groups in total. The van der Waals surface area contributed by atoms with Crippen LogP contribution in [-0.2, 0) is 0 Å². The summed E-state index contributed by atoms with van der Waals surface area (Å²) in [7, 11) is 1.72. The molecule has 0 fully saturated rings. The van der Waals surface area contributed by atoms with E-state index in [9.17, 15) is 4.79 Å². The SMILES string of the molecule is CNc1cncc(C(=O)Nc2cnc3ccccc3c2)n1. The van der Waals surface area contributed by atoms with Crippen molar-refractivity contribution in [2.75, 3.05) is 17.7 Å². The Morgan fingerprint density at radius 2 is 2.00 bits per heavy atom. The van der Waals surface area contributed by atoms with E-state index in [0.29, 0.717) is 11.5 Å². The van der Waals surface area contributed by atoms with Gasteiger partial charge in [-0.15, -0.1) is 0 Å². The molecule has 0 bridgehead atoms. The number of hydrogen-bond acceptors (Lipinski definition) is 5. The summed E-state index contributed by atoms with van der Waals surface area (Å²) < 4.78 is 0. The Morgan fingerprint density at radius 1 is 1.14 bits per heavy atom. The molecule has 6 nitrogen and oxygen atoms in total. The van der Waals surface area contributed by atoms with Gasteiger partial charge in [0.15, 0.2) is 0 Å². The molecule has 2 heterocycles. The van der Waals surface area contributed by atoms with Gasteiger partial charge in [0.2, 0.25) is 0 Å². The van der Waals surface area contributed by atoms with Gasteiger partial charge in [0.1, 0.15) is 11.5 Å². The van der Waals surface area contributed by atoms with Crippen molar-refractivity contribution in [1.29, 1.82) is 0 Å². The Labute approximate surface area is 121 Å². The predicted molar refractivity (Wildman–Crippen MR) is 81.3 cm³/mol. The molecule has 0 aliphatic rings. The second-order valence-corrected chi connectivity index (χ2v) is 4.41. The topological polar surface area (TPSA) is 79.8 Å². The van der Waals surface area contributed by atoms with Crippen LogP contribution in [-0.4, -0.2) is 27.9 Å². The summed E-state index contributed by atoms with van der Waals surface area (Å²) >= 11 is 0. The highest BCUT2D eigenvalue weighted by Crippen LogP contribution is 2.16. The van der Waals surface area contributed by atoms with Crippen molar-refractivity contribution in [3.05, 3.63) is 54.6 Å². The van der Waals surface area contributed by atoms with E-state index in [1.54, 1.807) is 19.4 Å². The summed E-state index contributed by atoms with van der Waals surface area (Å²) in [5.41, 5.74) is 1.75. The maximum absolute atomic E-state index is 12.1. The van der Waals surface area contributed by atoms with Gasteiger partial charge in [0.25, 0.3) is 5.91 Å². The van der Waals surface area contributed by atoms with Crippen LogP contribution in [0.3, 0.4) is 0 Å². The monoisotopic (exact) mass is 279 g/mol. The molecule has 1 aromatic carbocycles. The molecule has 0 saturated carbocycles. The molecule has 3 aromatic rings. The molecule has 0 saturated heterocycles. The highest BCUT2D eigenvalue weighted by Gasteiger charge is 2.09. The zero-order chi connectivity index (χ0) is 14.7. The summed E-state index contributed by atoms with van der Waals surface area (Å²) in [6.07, 6.45) is 4.59. The number of para-hydroxylation sites is 1. The molecule has 0 unspecified atom stereocenters. The lowest BCUT2D eigenvalue weighted by Crippen LogP contribution is -2.15. The largest absolute Gasteiger partial charge is 0.372 e. The molecule has 1 amide bonds. The molecular weight excluding hydrogens is 266 g/mol. The first-order chi connectivity index (χ1) is 10.3. The van der Waals surface area contributed by atoms with Crippen LogP contribution in [0.4, 0.5) is 11.5 Å². The smallest absolute Gasteiger partial charge is 0.275 e. The first-order valence-corrected chi connectivity index (χ1v) is 6.42. The summed E-state index contributed by atoms with van der Waals surface area (Å²) in [6.45, 7) is 0. The molecule has 0 spiro atoms. The number of nitrogens with one attached hydrogen (secondary N) is 2. The minimum atomic E-state index is -0.323. The fourth-order valence-corrected chi connectivity index (χ4v) is 1.93. The summed E-state index contributed by atoms with van der Waals surface area (Å²) in [6, 6.07) is 9.59. The van der Waals surface area contributed by atoms with E-state index >= 15 is 0 Å². The van der Waals surface area contributed by atoms with Gasteiger partial charge in [-0.25, -0.2) is 4.98 Å². The van der Waals surface area contributed by atoms with Crippen LogP contribution < -0.4 is 10.6 Å². The number of fused-ring (bicyclic) bond motifs is 1. The number of pyridine rings is 1. The van der Waals surface area contributed by atoms with Crippen LogP contribution in [0.1, 0.15) is 10.5 Å². The Hall–Kier alpha value is -3.02. The van der Waals surface area contributed by atoms with Crippen molar-refractivity contribution in [2.24, 2.45) is 0 Å². The van der Waals surface area contributed by atoms with Gasteiger partial charge < -0.3 is 10.6 Å². The third-order valence-corrected chi connectivity index (χ3v) is 2.97. The molecular formula is C15H13N5O. The highest BCUT2D eigenvalue weighted by atomic mass is 16.1. The maximum atomic E-state index is 12.1. The summed E-state index contributed by atoms with van der Waals surface area (Å²) in [5, 5.41) is 6.58. The van der Waals surface area contributed by atoms with Crippen molar-refractivity contribution in [3.8, 4) is 0 Å². The van der Waals surface area contributed by atoms with Crippen LogP contribution in [0, 0.1) is 0 Å². The average molecular weight is 279 g/mol. The standard InChI is InChI=1S/C15H13N5O/c1-16-14-9-17-8-13(20-14)15(21)19-11-6-10-4-2-3-5-12(10)18-7-11/h2-9H,1H3,(H,16,20)(H,19,21). The Balaban J connectivity index is 1.85. The third-order valence-electron chi connectivity index (χ3n) is 2.97. The van der Waals surface area contributed by atoms with Gasteiger partial charge >= 0.3 is 0 Å². The molecule has 6 heteroatoms. The molecule has 0 radical (unpaired) electrons. The van der Waals surface area contributed by atoms with Crippen LogP contribution in [0.5, 0.6) is 0 Å². The van der Waals surface area contributed by atoms with E-state index in [4.69, 9.17) is 0 Å². The summed E-state index contributed by atoms with van der Waals surface area (Å²) in [5.74, 6) is 0.218. The van der Waals surface area contributed by atoms with E-state index in [2.05, 4.69) is 25.6 Å². The van der Waals surface area contributed by atoms with Crippen LogP contribution in [0.25, 0.3) is 10.9 Å². The number of benzene rings is 1. The molecule has 104 valence electrons. The fourth-order valence-electron chi connectivity index (χ4n) is 1.93. The Morgan fingerprint density at radius 3 is 2.86 bits per heavy atom. The molecule has 0 aliphatic heterocycles. The highest BCUT2D eigenvalue weighted by molar-refractivity contribution is 6.03. The van der Waals surface area contributed by atoms with Gasteiger partial charge in [0, 0.05) is 12.4 Å². The van der Waals surface area contributed by atoms with Gasteiger partial charge in [-0.1, -0.05) is 18.2 Å². The lowest BCUT2D eigenvalue weighted by atomic mass is 10.2. The fraction of sp³-hybridized carbons (Fsp3) is 0.0667. The van der Waals surface area contributed by atoms with E-state index in [-0.39, 0.29) is 11.6 Å². The van der Waals surface area contributed by atoms with Crippen molar-refractivity contribution in [1.82, 2.24) is 15.0 Å². The molecule has 3 rings (SSSR count). The summed E-state index contributed by atoms with van der Waals surface area (Å²) in [4.78, 5) is 24.6. The number of nitrogens with zero attached hydrogens (tertiary/aromatic N) is 3. The van der Waals surface area contributed by atoms with Gasteiger partial charge in [-0.05, 0) is 12.1 Å². The van der Waals surface area contributed by atoms with Gasteiger partial charge in [-0.3, -0.25) is 14.8 Å². The second-order valence-electron chi connectivity index (χ2n) is 4.41.